The third-order valence-corrected chi connectivity index (χ3v) is 2.66. The number of hydrogen-bond acceptors (Lipinski definition) is 5. The lowest BCUT2D eigenvalue weighted by Crippen LogP contribution is -1.98. The SMILES string of the molecule is Cc1nc(Nc2ccc(C#N)c(C#N)c2)ccc1N. The van der Waals surface area contributed by atoms with E-state index in [9.17, 15) is 0 Å². The van der Waals surface area contributed by atoms with Gasteiger partial charge in [-0.3, -0.25) is 0 Å². The normalized spacial score (nSPS) is 9.42. The summed E-state index contributed by atoms with van der Waals surface area (Å²) in [6.07, 6.45) is 0. The van der Waals surface area contributed by atoms with Crippen molar-refractivity contribution in [2.45, 2.75) is 6.92 Å². The summed E-state index contributed by atoms with van der Waals surface area (Å²) in [6.45, 7) is 1.82. The molecule has 1 heterocycles. The minimum absolute atomic E-state index is 0.333. The van der Waals surface area contributed by atoms with Crippen LogP contribution in [0.25, 0.3) is 0 Å². The van der Waals surface area contributed by atoms with Crippen molar-refractivity contribution in [3.8, 4) is 12.1 Å². The number of aryl methyl sites for hydroxylation is 1. The number of pyridine rings is 1. The Kier molecular flexibility index (Phi) is 3.31. The molecule has 1 aromatic carbocycles. The van der Waals surface area contributed by atoms with Crippen molar-refractivity contribution in [3.63, 3.8) is 0 Å². The van der Waals surface area contributed by atoms with Gasteiger partial charge in [0.2, 0.25) is 0 Å². The van der Waals surface area contributed by atoms with Gasteiger partial charge in [-0.1, -0.05) is 0 Å². The average Bonchev–Trinajstić information content (AvgIpc) is 2.43. The predicted octanol–water partition coefficient (Wildman–Crippen LogP) is 2.46. The van der Waals surface area contributed by atoms with E-state index in [2.05, 4.69) is 10.3 Å². The van der Waals surface area contributed by atoms with Crippen molar-refractivity contribution in [1.82, 2.24) is 4.98 Å². The maximum atomic E-state index is 8.96. The lowest BCUT2D eigenvalue weighted by Gasteiger charge is -2.08. The lowest BCUT2D eigenvalue weighted by atomic mass is 10.1. The Morgan fingerprint density at radius 2 is 1.84 bits per heavy atom. The number of nitrogens with zero attached hydrogens (tertiary/aromatic N) is 3. The number of benzene rings is 1. The van der Waals surface area contributed by atoms with Crippen molar-refractivity contribution in [2.24, 2.45) is 0 Å². The molecule has 19 heavy (non-hydrogen) atoms. The van der Waals surface area contributed by atoms with Crippen LogP contribution in [0, 0.1) is 29.6 Å². The van der Waals surface area contributed by atoms with Gasteiger partial charge in [-0.15, -0.1) is 0 Å². The summed E-state index contributed by atoms with van der Waals surface area (Å²) in [5.74, 6) is 0.639. The first-order chi connectivity index (χ1) is 9.13. The van der Waals surface area contributed by atoms with E-state index in [1.807, 2.05) is 19.1 Å². The van der Waals surface area contributed by atoms with Gasteiger partial charge >= 0.3 is 0 Å². The van der Waals surface area contributed by atoms with Gasteiger partial charge in [0, 0.05) is 5.69 Å². The van der Waals surface area contributed by atoms with Crippen molar-refractivity contribution < 1.29 is 0 Å². The fraction of sp³-hybridized carbons (Fsp3) is 0.0714. The molecule has 2 aromatic rings. The fourth-order valence-corrected chi connectivity index (χ4v) is 1.60. The highest BCUT2D eigenvalue weighted by molar-refractivity contribution is 5.63. The maximum absolute atomic E-state index is 8.96. The molecule has 0 unspecified atom stereocenters. The van der Waals surface area contributed by atoms with Crippen LogP contribution in [-0.4, -0.2) is 4.98 Å². The summed E-state index contributed by atoms with van der Waals surface area (Å²) in [5.41, 5.74) is 8.45. The zero-order valence-electron chi connectivity index (χ0n) is 10.3. The first-order valence-electron chi connectivity index (χ1n) is 5.58. The molecule has 1 aromatic heterocycles. The quantitative estimate of drug-likeness (QED) is 0.851. The third-order valence-electron chi connectivity index (χ3n) is 2.66. The minimum Gasteiger partial charge on any atom is -0.397 e. The molecule has 5 nitrogen and oxygen atoms in total. The van der Waals surface area contributed by atoms with E-state index in [4.69, 9.17) is 16.3 Å². The van der Waals surface area contributed by atoms with E-state index in [0.717, 1.165) is 5.69 Å². The number of aromatic nitrogens is 1. The van der Waals surface area contributed by atoms with E-state index in [0.29, 0.717) is 28.3 Å². The Labute approximate surface area is 110 Å². The van der Waals surface area contributed by atoms with E-state index in [-0.39, 0.29) is 0 Å². The van der Waals surface area contributed by atoms with Crippen molar-refractivity contribution >= 4 is 17.2 Å². The summed E-state index contributed by atoms with van der Waals surface area (Å²) < 4.78 is 0. The van der Waals surface area contributed by atoms with Gasteiger partial charge < -0.3 is 11.1 Å². The molecule has 92 valence electrons. The standard InChI is InChI=1S/C14H11N5/c1-9-13(17)4-5-14(18-9)19-12-3-2-10(7-15)11(6-12)8-16/h2-6H,17H2,1H3,(H,18,19). The Morgan fingerprint density at radius 3 is 2.47 bits per heavy atom. The molecular formula is C14H11N5. The van der Waals surface area contributed by atoms with E-state index < -0.39 is 0 Å². The lowest BCUT2D eigenvalue weighted by molar-refractivity contribution is 1.20. The van der Waals surface area contributed by atoms with Gasteiger partial charge in [0.15, 0.2) is 0 Å². The van der Waals surface area contributed by atoms with Gasteiger partial charge in [0.25, 0.3) is 0 Å². The smallest absolute Gasteiger partial charge is 0.130 e. The predicted molar refractivity (Wildman–Crippen MR) is 72.5 cm³/mol. The molecule has 0 atom stereocenters. The highest BCUT2D eigenvalue weighted by atomic mass is 15.0. The first kappa shape index (κ1) is 12.4. The van der Waals surface area contributed by atoms with Gasteiger partial charge in [-0.05, 0) is 37.3 Å². The first-order valence-corrected chi connectivity index (χ1v) is 5.58. The zero-order valence-corrected chi connectivity index (χ0v) is 10.3. The van der Waals surface area contributed by atoms with E-state index in [1.54, 1.807) is 30.3 Å². The molecule has 0 aliphatic carbocycles. The molecule has 0 saturated heterocycles. The molecule has 0 aliphatic rings. The van der Waals surface area contributed by atoms with E-state index in [1.165, 1.54) is 0 Å². The Balaban J connectivity index is 2.32. The second-order valence-corrected chi connectivity index (χ2v) is 3.98. The van der Waals surface area contributed by atoms with Crippen LogP contribution in [0.2, 0.25) is 0 Å². The second kappa shape index (κ2) is 5.07. The molecule has 3 N–H and O–H groups in total. The molecule has 0 radical (unpaired) electrons. The van der Waals surface area contributed by atoms with Crippen LogP contribution >= 0.6 is 0 Å². The highest BCUT2D eigenvalue weighted by Gasteiger charge is 2.04. The van der Waals surface area contributed by atoms with Gasteiger partial charge in [-0.2, -0.15) is 10.5 Å². The van der Waals surface area contributed by atoms with E-state index >= 15 is 0 Å². The Hall–Kier alpha value is -3.05. The topological polar surface area (TPSA) is 98.5 Å². The third kappa shape index (κ3) is 2.62. The molecule has 5 heteroatoms. The van der Waals surface area contributed by atoms with Crippen molar-refractivity contribution in [1.29, 1.82) is 10.5 Å². The van der Waals surface area contributed by atoms with Crippen molar-refractivity contribution in [3.05, 3.63) is 47.2 Å². The highest BCUT2D eigenvalue weighted by Crippen LogP contribution is 2.20. The molecule has 0 spiro atoms. The largest absolute Gasteiger partial charge is 0.397 e. The van der Waals surface area contributed by atoms with Crippen LogP contribution in [0.5, 0.6) is 0 Å². The second-order valence-electron chi connectivity index (χ2n) is 3.98. The van der Waals surface area contributed by atoms with Gasteiger partial charge in [0.05, 0.1) is 22.5 Å². The van der Waals surface area contributed by atoms with Gasteiger partial charge in [0.1, 0.15) is 18.0 Å². The monoisotopic (exact) mass is 249 g/mol. The Bertz CT molecular complexity index is 707. The average molecular weight is 249 g/mol. The molecule has 0 saturated carbocycles. The maximum Gasteiger partial charge on any atom is 0.130 e. The van der Waals surface area contributed by atoms with Crippen LogP contribution in [-0.2, 0) is 0 Å². The van der Waals surface area contributed by atoms with Crippen molar-refractivity contribution in [2.75, 3.05) is 11.1 Å². The number of anilines is 3. The fourth-order valence-electron chi connectivity index (χ4n) is 1.60. The van der Waals surface area contributed by atoms with Crippen LogP contribution in [0.1, 0.15) is 16.8 Å². The summed E-state index contributed by atoms with van der Waals surface area (Å²) in [6, 6.07) is 12.4. The number of nitrogens with two attached hydrogens (primary N) is 1. The Morgan fingerprint density at radius 1 is 1.11 bits per heavy atom. The summed E-state index contributed by atoms with van der Waals surface area (Å²) >= 11 is 0. The van der Waals surface area contributed by atoms with Crippen LogP contribution in [0.15, 0.2) is 30.3 Å². The van der Waals surface area contributed by atoms with Crippen LogP contribution < -0.4 is 11.1 Å². The molecule has 0 aliphatic heterocycles. The minimum atomic E-state index is 0.333. The molecule has 0 fully saturated rings. The number of rotatable bonds is 2. The van der Waals surface area contributed by atoms with Crippen LogP contribution in [0.3, 0.4) is 0 Å². The number of nitriles is 2. The number of hydrogen-bond donors (Lipinski definition) is 2. The summed E-state index contributed by atoms with van der Waals surface area (Å²) in [5, 5.41) is 20.9. The molecule has 2 rings (SSSR count). The van der Waals surface area contributed by atoms with Gasteiger partial charge in [-0.25, -0.2) is 4.98 Å². The number of nitrogens with one attached hydrogen (secondary N) is 1. The summed E-state index contributed by atoms with van der Waals surface area (Å²) in [7, 11) is 0. The summed E-state index contributed by atoms with van der Waals surface area (Å²) in [4.78, 5) is 4.28. The van der Waals surface area contributed by atoms with Crippen LogP contribution in [0.4, 0.5) is 17.2 Å². The number of nitrogen functional groups attached to an aromatic ring is 1. The molecule has 0 amide bonds. The molecule has 0 bridgehead atoms. The molecular weight excluding hydrogens is 238 g/mol. The zero-order chi connectivity index (χ0) is 13.8.